The highest BCUT2D eigenvalue weighted by Crippen LogP contribution is 2.18. The second-order valence-electron chi connectivity index (χ2n) is 5.38. The van der Waals surface area contributed by atoms with E-state index in [1.54, 1.807) is 41.8 Å². The van der Waals surface area contributed by atoms with Crippen molar-refractivity contribution in [1.82, 2.24) is 4.98 Å². The summed E-state index contributed by atoms with van der Waals surface area (Å²) in [6.45, 7) is 0.0813. The first-order valence-corrected chi connectivity index (χ1v) is 9.20. The Balaban J connectivity index is 1.40. The van der Waals surface area contributed by atoms with E-state index in [2.05, 4.69) is 4.98 Å². The number of carbonyl (C=O) groups is 1. The molecule has 0 atom stereocenters. The lowest BCUT2D eigenvalue weighted by Crippen LogP contribution is -2.14. The van der Waals surface area contributed by atoms with Gasteiger partial charge in [0, 0.05) is 10.4 Å². The van der Waals surface area contributed by atoms with Crippen molar-refractivity contribution in [3.05, 3.63) is 75.5 Å². The van der Waals surface area contributed by atoms with Crippen molar-refractivity contribution < 1.29 is 23.4 Å². The first kappa shape index (κ1) is 19.1. The van der Waals surface area contributed by atoms with Gasteiger partial charge < -0.3 is 14.2 Å². The Morgan fingerprint density at radius 3 is 2.67 bits per heavy atom. The fraction of sp³-hybridized carbons (Fsp3) is 0.158. The van der Waals surface area contributed by atoms with Crippen molar-refractivity contribution in [2.24, 2.45) is 0 Å². The molecular weight excluding hydrogens is 393 g/mol. The normalized spacial score (nSPS) is 10.4. The third kappa shape index (κ3) is 6.23. The van der Waals surface area contributed by atoms with Crippen LogP contribution in [-0.2, 0) is 22.7 Å². The predicted molar refractivity (Wildman–Crippen MR) is 99.6 cm³/mol. The predicted octanol–water partition coefficient (Wildman–Crippen LogP) is 4.64. The number of ether oxygens (including phenoxy) is 3. The van der Waals surface area contributed by atoms with Gasteiger partial charge in [-0.25, -0.2) is 14.2 Å². The summed E-state index contributed by atoms with van der Waals surface area (Å²) in [6, 6.07) is 12.5. The Morgan fingerprint density at radius 2 is 1.89 bits per heavy atom. The molecule has 0 fully saturated rings. The van der Waals surface area contributed by atoms with E-state index in [9.17, 15) is 9.18 Å². The van der Waals surface area contributed by atoms with Crippen LogP contribution in [0.2, 0.25) is 5.02 Å². The van der Waals surface area contributed by atoms with Gasteiger partial charge in [-0.05, 0) is 42.5 Å². The van der Waals surface area contributed by atoms with Crippen LogP contribution in [0.25, 0.3) is 0 Å². The smallest absolute Gasteiger partial charge is 0.344 e. The topological polar surface area (TPSA) is 57.7 Å². The first-order chi connectivity index (χ1) is 13.1. The van der Waals surface area contributed by atoms with Gasteiger partial charge in [0.1, 0.15) is 35.5 Å². The van der Waals surface area contributed by atoms with Crippen LogP contribution < -0.4 is 9.47 Å². The zero-order valence-electron chi connectivity index (χ0n) is 14.1. The van der Waals surface area contributed by atoms with Gasteiger partial charge in [0.15, 0.2) is 6.61 Å². The number of rotatable bonds is 8. The number of aromatic nitrogens is 1. The van der Waals surface area contributed by atoms with Gasteiger partial charge in [-0.15, -0.1) is 11.3 Å². The average Bonchev–Trinajstić information content (AvgIpc) is 3.12. The lowest BCUT2D eigenvalue weighted by atomic mass is 10.3. The van der Waals surface area contributed by atoms with Crippen LogP contribution >= 0.6 is 22.9 Å². The van der Waals surface area contributed by atoms with Crippen LogP contribution in [0.1, 0.15) is 10.7 Å². The fourth-order valence-electron chi connectivity index (χ4n) is 2.05. The molecule has 0 aliphatic rings. The minimum absolute atomic E-state index is 0.0464. The minimum atomic E-state index is -0.507. The van der Waals surface area contributed by atoms with Gasteiger partial charge in [0.25, 0.3) is 0 Å². The van der Waals surface area contributed by atoms with Crippen molar-refractivity contribution in [1.29, 1.82) is 0 Å². The van der Waals surface area contributed by atoms with Gasteiger partial charge >= 0.3 is 5.97 Å². The molecule has 0 saturated carbocycles. The summed E-state index contributed by atoms with van der Waals surface area (Å²) in [7, 11) is 0. The van der Waals surface area contributed by atoms with Crippen molar-refractivity contribution in [3.8, 4) is 11.5 Å². The number of esters is 1. The van der Waals surface area contributed by atoms with E-state index in [1.807, 2.05) is 0 Å². The van der Waals surface area contributed by atoms with Crippen LogP contribution in [0.5, 0.6) is 11.5 Å². The highest BCUT2D eigenvalue weighted by atomic mass is 35.5. The number of hydrogen-bond acceptors (Lipinski definition) is 6. The minimum Gasteiger partial charge on any atom is -0.486 e. The van der Waals surface area contributed by atoms with Crippen molar-refractivity contribution in [3.63, 3.8) is 0 Å². The molecule has 27 heavy (non-hydrogen) atoms. The molecule has 0 bridgehead atoms. The maximum atomic E-state index is 12.9. The second kappa shape index (κ2) is 9.34. The van der Waals surface area contributed by atoms with Crippen LogP contribution in [-0.4, -0.2) is 17.6 Å². The average molecular weight is 408 g/mol. The molecule has 2 aromatic carbocycles. The molecule has 0 amide bonds. The first-order valence-electron chi connectivity index (χ1n) is 7.94. The molecule has 0 spiro atoms. The SMILES string of the molecule is O=C(COc1cccc(Cl)c1)OCc1csc(COc2ccc(F)cc2)n1. The molecule has 0 N–H and O–H groups in total. The molecule has 0 radical (unpaired) electrons. The molecule has 1 aromatic heterocycles. The van der Waals surface area contributed by atoms with E-state index in [1.165, 1.54) is 23.5 Å². The van der Waals surface area contributed by atoms with Crippen LogP contribution in [0.3, 0.4) is 0 Å². The number of hydrogen-bond donors (Lipinski definition) is 0. The summed E-state index contributed by atoms with van der Waals surface area (Å²) in [5.41, 5.74) is 0.619. The van der Waals surface area contributed by atoms with Gasteiger partial charge in [-0.1, -0.05) is 17.7 Å². The summed E-state index contributed by atoms with van der Waals surface area (Å²) < 4.78 is 28.8. The highest BCUT2D eigenvalue weighted by molar-refractivity contribution is 7.09. The van der Waals surface area contributed by atoms with Gasteiger partial charge in [-0.2, -0.15) is 0 Å². The van der Waals surface area contributed by atoms with Crippen LogP contribution in [0, 0.1) is 5.82 Å². The van der Waals surface area contributed by atoms with Crippen LogP contribution in [0.15, 0.2) is 53.9 Å². The molecule has 0 unspecified atom stereocenters. The lowest BCUT2D eigenvalue weighted by Gasteiger charge is -2.06. The van der Waals surface area contributed by atoms with Crippen molar-refractivity contribution >= 4 is 28.9 Å². The number of carbonyl (C=O) groups excluding carboxylic acids is 1. The van der Waals surface area contributed by atoms with E-state index in [4.69, 9.17) is 25.8 Å². The van der Waals surface area contributed by atoms with Gasteiger partial charge in [-0.3, -0.25) is 0 Å². The summed E-state index contributed by atoms with van der Waals surface area (Å²) in [4.78, 5) is 16.1. The standard InChI is InChI=1S/C19H15ClFNO4S/c20-13-2-1-3-17(8-13)25-11-19(23)26-9-15-12-27-18(22-15)10-24-16-6-4-14(21)5-7-16/h1-8,12H,9-11H2. The van der Waals surface area contributed by atoms with E-state index in [0.29, 0.717) is 22.2 Å². The van der Waals surface area contributed by atoms with E-state index in [0.717, 1.165) is 5.01 Å². The Morgan fingerprint density at radius 1 is 1.07 bits per heavy atom. The Bertz CT molecular complexity index is 901. The molecule has 0 aliphatic carbocycles. The molecule has 5 nitrogen and oxygen atoms in total. The highest BCUT2D eigenvalue weighted by Gasteiger charge is 2.08. The summed E-state index contributed by atoms with van der Waals surface area (Å²) in [5, 5.41) is 3.04. The number of thiazole rings is 1. The van der Waals surface area contributed by atoms with Crippen LogP contribution in [0.4, 0.5) is 4.39 Å². The monoisotopic (exact) mass is 407 g/mol. The summed E-state index contributed by atoms with van der Waals surface area (Å²) in [5.74, 6) is 0.221. The zero-order chi connectivity index (χ0) is 19.1. The van der Waals surface area contributed by atoms with E-state index >= 15 is 0 Å². The molecule has 3 aromatic rings. The molecule has 1 heterocycles. The molecule has 8 heteroatoms. The zero-order valence-corrected chi connectivity index (χ0v) is 15.6. The molecule has 0 aliphatic heterocycles. The summed E-state index contributed by atoms with van der Waals surface area (Å²) >= 11 is 7.23. The molecule has 140 valence electrons. The molecule has 3 rings (SSSR count). The Hall–Kier alpha value is -2.64. The van der Waals surface area contributed by atoms with E-state index < -0.39 is 5.97 Å². The van der Waals surface area contributed by atoms with Gasteiger partial charge in [0.05, 0.1) is 5.69 Å². The molecule has 0 saturated heterocycles. The quantitative estimate of drug-likeness (QED) is 0.509. The largest absolute Gasteiger partial charge is 0.486 e. The van der Waals surface area contributed by atoms with E-state index in [-0.39, 0.29) is 25.6 Å². The third-order valence-electron chi connectivity index (χ3n) is 3.31. The Kier molecular flexibility index (Phi) is 6.62. The second-order valence-corrected chi connectivity index (χ2v) is 6.76. The number of benzene rings is 2. The third-order valence-corrected chi connectivity index (χ3v) is 4.42. The maximum Gasteiger partial charge on any atom is 0.344 e. The number of nitrogens with zero attached hydrogens (tertiary/aromatic N) is 1. The van der Waals surface area contributed by atoms with Crippen molar-refractivity contribution in [2.45, 2.75) is 13.2 Å². The maximum absolute atomic E-state index is 12.9. The molecular formula is C19H15ClFNO4S. The fourth-order valence-corrected chi connectivity index (χ4v) is 2.92. The van der Waals surface area contributed by atoms with Crippen molar-refractivity contribution in [2.75, 3.05) is 6.61 Å². The lowest BCUT2D eigenvalue weighted by molar-refractivity contribution is -0.147. The summed E-state index contributed by atoms with van der Waals surface area (Å²) in [6.07, 6.45) is 0. The Labute approximate surface area is 164 Å². The van der Waals surface area contributed by atoms with Gasteiger partial charge in [0.2, 0.25) is 0 Å². The number of halogens is 2.